The van der Waals surface area contributed by atoms with Crippen LogP contribution in [0.4, 0.5) is 0 Å². The minimum absolute atomic E-state index is 0.0764. The van der Waals surface area contributed by atoms with E-state index < -0.39 is 34.5 Å². The van der Waals surface area contributed by atoms with E-state index in [4.69, 9.17) is 15.9 Å². The highest BCUT2D eigenvalue weighted by Crippen LogP contribution is 2.09. The first-order valence-electron chi connectivity index (χ1n) is 9.52. The van der Waals surface area contributed by atoms with Gasteiger partial charge in [-0.2, -0.15) is 4.72 Å². The summed E-state index contributed by atoms with van der Waals surface area (Å²) in [5, 5.41) is 21.4. The number of rotatable bonds is 12. The summed E-state index contributed by atoms with van der Waals surface area (Å²) in [5.74, 6) is -2.10. The van der Waals surface area contributed by atoms with Crippen molar-refractivity contribution in [2.24, 2.45) is 5.73 Å². The van der Waals surface area contributed by atoms with Crippen molar-refractivity contribution in [3.8, 4) is 0 Å². The number of benzene rings is 2. The number of hydrogen-bond donors (Lipinski definition) is 6. The van der Waals surface area contributed by atoms with Crippen LogP contribution in [-0.4, -0.2) is 57.1 Å². The van der Waals surface area contributed by atoms with E-state index in [1.807, 2.05) is 0 Å². The van der Waals surface area contributed by atoms with Crippen molar-refractivity contribution >= 4 is 27.9 Å². The molecule has 7 N–H and O–H groups in total. The lowest BCUT2D eigenvalue weighted by Crippen LogP contribution is -2.48. The van der Waals surface area contributed by atoms with E-state index in [-0.39, 0.29) is 16.4 Å². The molecule has 32 heavy (non-hydrogen) atoms. The van der Waals surface area contributed by atoms with Gasteiger partial charge in [-0.3, -0.25) is 15.0 Å². The van der Waals surface area contributed by atoms with Gasteiger partial charge in [-0.25, -0.2) is 8.42 Å². The molecule has 0 aliphatic heterocycles. The average molecular weight is 464 g/mol. The molecule has 1 unspecified atom stereocenters. The average Bonchev–Trinajstić information content (AvgIpc) is 2.76. The molecule has 0 aromatic heterocycles. The highest BCUT2D eigenvalue weighted by molar-refractivity contribution is 7.89. The van der Waals surface area contributed by atoms with E-state index in [9.17, 15) is 23.1 Å². The van der Waals surface area contributed by atoms with Gasteiger partial charge in [0, 0.05) is 18.7 Å². The Bertz CT molecular complexity index is 1030. The number of hydrogen-bond acceptors (Lipinski definition) is 6. The Morgan fingerprint density at radius 3 is 2.31 bits per heavy atom. The highest BCUT2D eigenvalue weighted by atomic mass is 32.2. The lowest BCUT2D eigenvalue weighted by Gasteiger charge is -2.16. The van der Waals surface area contributed by atoms with E-state index in [1.165, 1.54) is 24.3 Å². The van der Waals surface area contributed by atoms with Crippen molar-refractivity contribution in [1.82, 2.24) is 15.4 Å². The Kier molecular flexibility index (Phi) is 9.13. The zero-order valence-electron chi connectivity index (χ0n) is 17.1. The van der Waals surface area contributed by atoms with E-state index in [1.54, 1.807) is 30.3 Å². The number of nitrogens with two attached hydrogens (primary N) is 1. The molecule has 0 saturated heterocycles. The van der Waals surface area contributed by atoms with Gasteiger partial charge < -0.3 is 26.2 Å². The minimum Gasteiger partial charge on any atom is -0.480 e. The Labute approximate surface area is 185 Å². The molecule has 0 heterocycles. The standard InChI is InChI=1S/C20H25N5O6S/c21-20(22)23-10-11-31-13-14-6-8-15(9-7-14)18(26)24-12-17(19(27)28)25-32(29,30)16-4-2-1-3-5-16/h1-9,17,25H,10-13H2,(H,24,26)(H,27,28)(H4,21,22,23). The van der Waals surface area contributed by atoms with Gasteiger partial charge in [-0.1, -0.05) is 30.3 Å². The normalized spacial score (nSPS) is 12.0. The molecule has 0 fully saturated rings. The Hall–Kier alpha value is -3.48. The fourth-order valence-corrected chi connectivity index (χ4v) is 3.74. The van der Waals surface area contributed by atoms with Gasteiger partial charge in [0.05, 0.1) is 18.1 Å². The fraction of sp³-hybridized carbons (Fsp3) is 0.250. The van der Waals surface area contributed by atoms with Crippen molar-refractivity contribution in [2.45, 2.75) is 17.5 Å². The molecule has 0 bridgehead atoms. The lowest BCUT2D eigenvalue weighted by molar-refractivity contribution is -0.138. The maximum absolute atomic E-state index is 12.3. The van der Waals surface area contributed by atoms with Crippen LogP contribution >= 0.6 is 0 Å². The number of guanidine groups is 1. The SMILES string of the molecule is N=C(N)NCCOCc1ccc(C(=O)NCC(NS(=O)(=O)c2ccccc2)C(=O)O)cc1. The van der Waals surface area contributed by atoms with E-state index in [0.29, 0.717) is 19.8 Å². The van der Waals surface area contributed by atoms with Crippen LogP contribution in [0.3, 0.4) is 0 Å². The first-order chi connectivity index (χ1) is 15.2. The number of aliphatic carboxylic acids is 1. The van der Waals surface area contributed by atoms with Crippen molar-refractivity contribution in [3.63, 3.8) is 0 Å². The molecule has 1 amide bonds. The quantitative estimate of drug-likeness (QED) is 0.143. The van der Waals surface area contributed by atoms with Crippen LogP contribution in [0.1, 0.15) is 15.9 Å². The van der Waals surface area contributed by atoms with E-state index in [2.05, 4.69) is 15.4 Å². The van der Waals surface area contributed by atoms with Crippen LogP contribution in [0.5, 0.6) is 0 Å². The van der Waals surface area contributed by atoms with E-state index >= 15 is 0 Å². The molecule has 0 radical (unpaired) electrons. The maximum Gasteiger partial charge on any atom is 0.323 e. The topological polar surface area (TPSA) is 184 Å². The molecule has 2 rings (SSSR count). The van der Waals surface area contributed by atoms with Gasteiger partial charge in [0.2, 0.25) is 10.0 Å². The number of carboxylic acids is 1. The zero-order valence-corrected chi connectivity index (χ0v) is 17.9. The third kappa shape index (κ3) is 7.98. The van der Waals surface area contributed by atoms with Crippen LogP contribution < -0.4 is 21.1 Å². The number of amides is 1. The maximum atomic E-state index is 12.3. The molecule has 172 valence electrons. The monoisotopic (exact) mass is 463 g/mol. The number of ether oxygens (including phenoxy) is 1. The molecule has 0 saturated carbocycles. The van der Waals surface area contributed by atoms with Gasteiger partial charge in [-0.05, 0) is 29.8 Å². The summed E-state index contributed by atoms with van der Waals surface area (Å²) < 4.78 is 32.2. The fourth-order valence-electron chi connectivity index (χ4n) is 2.53. The van der Waals surface area contributed by atoms with Crippen molar-refractivity contribution in [1.29, 1.82) is 5.41 Å². The summed E-state index contributed by atoms with van der Waals surface area (Å²) in [6.45, 7) is 0.601. The van der Waals surface area contributed by atoms with Gasteiger partial charge in [0.25, 0.3) is 5.91 Å². The summed E-state index contributed by atoms with van der Waals surface area (Å²) in [7, 11) is -4.06. The van der Waals surface area contributed by atoms with Gasteiger partial charge in [0.15, 0.2) is 5.96 Å². The molecular formula is C20H25N5O6S. The summed E-state index contributed by atoms with van der Waals surface area (Å²) in [6, 6.07) is 12.3. The second-order valence-corrected chi connectivity index (χ2v) is 8.34. The summed E-state index contributed by atoms with van der Waals surface area (Å²) >= 11 is 0. The summed E-state index contributed by atoms with van der Waals surface area (Å²) in [6.07, 6.45) is 0. The largest absolute Gasteiger partial charge is 0.480 e. The minimum atomic E-state index is -4.06. The molecule has 2 aromatic rings. The van der Waals surface area contributed by atoms with Crippen LogP contribution in [0.15, 0.2) is 59.5 Å². The molecule has 2 aromatic carbocycles. The second-order valence-electron chi connectivity index (χ2n) is 6.63. The number of carbonyl (C=O) groups is 2. The van der Waals surface area contributed by atoms with Crippen molar-refractivity contribution < 1.29 is 27.9 Å². The number of nitrogens with one attached hydrogen (secondary N) is 4. The lowest BCUT2D eigenvalue weighted by atomic mass is 10.1. The predicted octanol–water partition coefficient (Wildman–Crippen LogP) is -0.152. The molecular weight excluding hydrogens is 438 g/mol. The first kappa shape index (κ1) is 24.8. The van der Waals surface area contributed by atoms with E-state index in [0.717, 1.165) is 5.56 Å². The molecule has 0 spiro atoms. The summed E-state index contributed by atoms with van der Waals surface area (Å²) in [4.78, 5) is 23.7. The molecule has 1 atom stereocenters. The zero-order chi connectivity index (χ0) is 23.6. The van der Waals surface area contributed by atoms with Crippen LogP contribution in [-0.2, 0) is 26.2 Å². The number of carbonyl (C=O) groups excluding carboxylic acids is 1. The summed E-state index contributed by atoms with van der Waals surface area (Å²) in [5.41, 5.74) is 6.25. The van der Waals surface area contributed by atoms with Crippen LogP contribution in [0.25, 0.3) is 0 Å². The van der Waals surface area contributed by atoms with Crippen molar-refractivity contribution in [3.05, 3.63) is 65.7 Å². The third-order valence-corrected chi connectivity index (χ3v) is 5.65. The number of carboxylic acid groups (broad SMARTS) is 1. The van der Waals surface area contributed by atoms with Crippen LogP contribution in [0, 0.1) is 5.41 Å². The third-order valence-electron chi connectivity index (χ3n) is 4.16. The first-order valence-corrected chi connectivity index (χ1v) is 11.0. The molecule has 12 heteroatoms. The van der Waals surface area contributed by atoms with Gasteiger partial charge >= 0.3 is 5.97 Å². The molecule has 0 aliphatic carbocycles. The predicted molar refractivity (Wildman–Crippen MR) is 117 cm³/mol. The number of sulfonamides is 1. The molecule has 0 aliphatic rings. The molecule has 11 nitrogen and oxygen atoms in total. The van der Waals surface area contributed by atoms with Crippen LogP contribution in [0.2, 0.25) is 0 Å². The smallest absolute Gasteiger partial charge is 0.323 e. The highest BCUT2D eigenvalue weighted by Gasteiger charge is 2.25. The Morgan fingerprint density at radius 2 is 1.72 bits per heavy atom. The second kappa shape index (κ2) is 11.8. The Balaban J connectivity index is 1.88. The van der Waals surface area contributed by atoms with Gasteiger partial charge in [0.1, 0.15) is 6.04 Å². The van der Waals surface area contributed by atoms with Crippen molar-refractivity contribution in [2.75, 3.05) is 19.7 Å². The Morgan fingerprint density at radius 1 is 1.06 bits per heavy atom. The van der Waals surface area contributed by atoms with Gasteiger partial charge in [-0.15, -0.1) is 0 Å².